The molecule has 5 heteroatoms. The zero-order valence-corrected chi connectivity index (χ0v) is 11.9. The summed E-state index contributed by atoms with van der Waals surface area (Å²) in [5.74, 6) is 0.863. The van der Waals surface area contributed by atoms with Gasteiger partial charge in [0.2, 0.25) is 0 Å². The maximum Gasteiger partial charge on any atom is 0.143 e. The molecule has 1 aromatic heterocycles. The SMILES string of the molecule is CC(C)N(CCO)c1ncc(Br)cc1Br. The van der Waals surface area contributed by atoms with Gasteiger partial charge >= 0.3 is 0 Å². The minimum absolute atomic E-state index is 0.127. The Bertz CT molecular complexity index is 331. The summed E-state index contributed by atoms with van der Waals surface area (Å²) in [6.45, 7) is 4.87. The predicted octanol–water partition coefficient (Wildman–Crippen LogP) is 2.81. The lowest BCUT2D eigenvalue weighted by atomic mass is 10.3. The molecule has 3 nitrogen and oxygen atoms in total. The Morgan fingerprint density at radius 2 is 2.13 bits per heavy atom. The van der Waals surface area contributed by atoms with Gasteiger partial charge in [-0.1, -0.05) is 0 Å². The first-order chi connectivity index (χ1) is 7.06. The van der Waals surface area contributed by atoms with E-state index in [2.05, 4.69) is 55.6 Å². The molecule has 0 radical (unpaired) electrons. The first-order valence-electron chi connectivity index (χ1n) is 4.74. The van der Waals surface area contributed by atoms with Crippen LogP contribution in [0.15, 0.2) is 21.2 Å². The van der Waals surface area contributed by atoms with Gasteiger partial charge in [0.1, 0.15) is 5.82 Å². The second kappa shape index (κ2) is 5.82. The minimum Gasteiger partial charge on any atom is -0.395 e. The summed E-state index contributed by atoms with van der Waals surface area (Å²) < 4.78 is 1.87. The van der Waals surface area contributed by atoms with Crippen LogP contribution in [0.3, 0.4) is 0 Å². The van der Waals surface area contributed by atoms with Crippen LogP contribution in [0.5, 0.6) is 0 Å². The molecule has 0 atom stereocenters. The molecule has 0 spiro atoms. The summed E-state index contributed by atoms with van der Waals surface area (Å²) in [7, 11) is 0. The predicted molar refractivity (Wildman–Crippen MR) is 69.2 cm³/mol. The summed E-state index contributed by atoms with van der Waals surface area (Å²) in [4.78, 5) is 6.39. The minimum atomic E-state index is 0.127. The molecule has 1 heterocycles. The summed E-state index contributed by atoms with van der Waals surface area (Å²) in [5, 5.41) is 9.00. The summed E-state index contributed by atoms with van der Waals surface area (Å²) >= 11 is 6.83. The number of aliphatic hydroxyl groups is 1. The Hall–Kier alpha value is -0.130. The number of hydrogen-bond donors (Lipinski definition) is 1. The first kappa shape index (κ1) is 12.9. The number of aromatic nitrogens is 1. The molecule has 0 unspecified atom stereocenters. The Morgan fingerprint density at radius 3 is 2.60 bits per heavy atom. The Balaban J connectivity index is 3.00. The van der Waals surface area contributed by atoms with Crippen LogP contribution in [0.1, 0.15) is 13.8 Å². The van der Waals surface area contributed by atoms with Crippen molar-refractivity contribution in [2.75, 3.05) is 18.1 Å². The molecule has 0 fully saturated rings. The fourth-order valence-electron chi connectivity index (χ4n) is 1.34. The molecule has 0 saturated heterocycles. The Kier molecular flexibility index (Phi) is 5.02. The lowest BCUT2D eigenvalue weighted by Gasteiger charge is -2.27. The van der Waals surface area contributed by atoms with Gasteiger partial charge in [0.15, 0.2) is 0 Å². The van der Waals surface area contributed by atoms with Gasteiger partial charge in [0.05, 0.1) is 11.1 Å². The Labute approximate surface area is 107 Å². The summed E-state index contributed by atoms with van der Waals surface area (Å²) in [5.41, 5.74) is 0. The smallest absolute Gasteiger partial charge is 0.143 e. The van der Waals surface area contributed by atoms with Crippen LogP contribution in [0.4, 0.5) is 5.82 Å². The van der Waals surface area contributed by atoms with Crippen molar-refractivity contribution in [3.05, 3.63) is 21.2 Å². The van der Waals surface area contributed by atoms with Crippen molar-refractivity contribution < 1.29 is 5.11 Å². The number of halogens is 2. The lowest BCUT2D eigenvalue weighted by molar-refractivity contribution is 0.298. The van der Waals surface area contributed by atoms with E-state index >= 15 is 0 Å². The summed E-state index contributed by atoms with van der Waals surface area (Å²) in [6.07, 6.45) is 1.76. The second-order valence-corrected chi connectivity index (χ2v) is 5.24. The monoisotopic (exact) mass is 336 g/mol. The third kappa shape index (κ3) is 3.43. The highest BCUT2D eigenvalue weighted by molar-refractivity contribution is 9.11. The zero-order chi connectivity index (χ0) is 11.4. The third-order valence-electron chi connectivity index (χ3n) is 2.02. The maximum absolute atomic E-state index is 9.00. The van der Waals surface area contributed by atoms with Gasteiger partial charge in [-0.25, -0.2) is 4.98 Å². The number of rotatable bonds is 4. The Morgan fingerprint density at radius 1 is 1.47 bits per heavy atom. The standard InChI is InChI=1S/C10H14Br2N2O/c1-7(2)14(3-4-15)10-9(12)5-8(11)6-13-10/h5-7,15H,3-4H2,1-2H3. The third-order valence-corrected chi connectivity index (χ3v) is 3.04. The van der Waals surface area contributed by atoms with Crippen LogP contribution >= 0.6 is 31.9 Å². The van der Waals surface area contributed by atoms with Crippen molar-refractivity contribution in [1.29, 1.82) is 0 Å². The van der Waals surface area contributed by atoms with Gasteiger partial charge in [0, 0.05) is 23.3 Å². The van der Waals surface area contributed by atoms with Gasteiger partial charge in [-0.2, -0.15) is 0 Å². The topological polar surface area (TPSA) is 36.4 Å². The highest BCUT2D eigenvalue weighted by atomic mass is 79.9. The van der Waals surface area contributed by atoms with Crippen molar-refractivity contribution in [3.8, 4) is 0 Å². The zero-order valence-electron chi connectivity index (χ0n) is 8.74. The molecule has 1 rings (SSSR count). The fourth-order valence-corrected chi connectivity index (χ4v) is 2.55. The van der Waals surface area contributed by atoms with Gasteiger partial charge in [-0.05, 0) is 51.8 Å². The number of hydrogen-bond acceptors (Lipinski definition) is 3. The van der Waals surface area contributed by atoms with Crippen LogP contribution < -0.4 is 4.90 Å². The van der Waals surface area contributed by atoms with E-state index in [1.165, 1.54) is 0 Å². The van der Waals surface area contributed by atoms with E-state index in [4.69, 9.17) is 5.11 Å². The average molecular weight is 338 g/mol. The van der Waals surface area contributed by atoms with Crippen LogP contribution in [0, 0.1) is 0 Å². The van der Waals surface area contributed by atoms with Gasteiger partial charge in [0.25, 0.3) is 0 Å². The molecule has 1 aromatic rings. The van der Waals surface area contributed by atoms with E-state index in [1.54, 1.807) is 6.20 Å². The molecule has 0 aliphatic carbocycles. The number of nitrogens with zero attached hydrogens (tertiary/aromatic N) is 2. The van der Waals surface area contributed by atoms with Gasteiger partial charge < -0.3 is 10.0 Å². The van der Waals surface area contributed by atoms with Crippen molar-refractivity contribution in [3.63, 3.8) is 0 Å². The molecule has 0 amide bonds. The van der Waals surface area contributed by atoms with Crippen LogP contribution in [-0.2, 0) is 0 Å². The average Bonchev–Trinajstić information content (AvgIpc) is 2.15. The number of anilines is 1. The van der Waals surface area contributed by atoms with Gasteiger partial charge in [-0.3, -0.25) is 0 Å². The van der Waals surface area contributed by atoms with Crippen molar-refractivity contribution >= 4 is 37.7 Å². The van der Waals surface area contributed by atoms with Crippen molar-refractivity contribution in [1.82, 2.24) is 4.98 Å². The molecule has 15 heavy (non-hydrogen) atoms. The second-order valence-electron chi connectivity index (χ2n) is 3.47. The molecule has 1 N–H and O–H groups in total. The fraction of sp³-hybridized carbons (Fsp3) is 0.500. The van der Waals surface area contributed by atoms with E-state index in [0.29, 0.717) is 12.6 Å². The highest BCUT2D eigenvalue weighted by Gasteiger charge is 2.14. The van der Waals surface area contributed by atoms with Crippen LogP contribution in [-0.4, -0.2) is 29.3 Å². The molecule has 0 aliphatic heterocycles. The number of pyridine rings is 1. The van der Waals surface area contributed by atoms with E-state index in [9.17, 15) is 0 Å². The molecular formula is C10H14Br2N2O. The molecule has 0 bridgehead atoms. The van der Waals surface area contributed by atoms with Crippen molar-refractivity contribution in [2.45, 2.75) is 19.9 Å². The largest absolute Gasteiger partial charge is 0.395 e. The first-order valence-corrected chi connectivity index (χ1v) is 6.33. The lowest BCUT2D eigenvalue weighted by Crippen LogP contribution is -2.34. The molecular weight excluding hydrogens is 324 g/mol. The molecule has 84 valence electrons. The quantitative estimate of drug-likeness (QED) is 0.917. The van der Waals surface area contributed by atoms with E-state index in [1.807, 2.05) is 6.07 Å². The normalized spacial score (nSPS) is 10.8. The molecule has 0 saturated carbocycles. The van der Waals surface area contributed by atoms with E-state index in [0.717, 1.165) is 14.8 Å². The molecule has 0 aromatic carbocycles. The summed E-state index contributed by atoms with van der Waals surface area (Å²) in [6, 6.07) is 2.26. The highest BCUT2D eigenvalue weighted by Crippen LogP contribution is 2.27. The molecule has 0 aliphatic rings. The van der Waals surface area contributed by atoms with Crippen molar-refractivity contribution in [2.24, 2.45) is 0 Å². The van der Waals surface area contributed by atoms with Gasteiger partial charge in [-0.15, -0.1) is 0 Å². The van der Waals surface area contributed by atoms with Crippen LogP contribution in [0.2, 0.25) is 0 Å². The maximum atomic E-state index is 9.00. The number of aliphatic hydroxyl groups excluding tert-OH is 1. The van der Waals surface area contributed by atoms with Crippen LogP contribution in [0.25, 0.3) is 0 Å². The van der Waals surface area contributed by atoms with E-state index in [-0.39, 0.29) is 6.61 Å². The van der Waals surface area contributed by atoms with E-state index < -0.39 is 0 Å².